The molecule has 0 spiro atoms. The van der Waals surface area contributed by atoms with E-state index in [1.807, 2.05) is 20.0 Å². The van der Waals surface area contributed by atoms with Crippen LogP contribution in [-0.4, -0.2) is 60.7 Å². The van der Waals surface area contributed by atoms with Crippen LogP contribution in [0.4, 0.5) is 16.3 Å². The molecule has 2 aromatic heterocycles. The van der Waals surface area contributed by atoms with Crippen LogP contribution in [0.3, 0.4) is 0 Å². The van der Waals surface area contributed by atoms with Crippen molar-refractivity contribution in [3.63, 3.8) is 0 Å². The van der Waals surface area contributed by atoms with Crippen LogP contribution in [-0.2, 0) is 10.0 Å². The van der Waals surface area contributed by atoms with E-state index in [4.69, 9.17) is 0 Å². The van der Waals surface area contributed by atoms with E-state index in [2.05, 4.69) is 51.0 Å². The van der Waals surface area contributed by atoms with E-state index in [1.54, 1.807) is 0 Å². The molecule has 1 fully saturated rings. The van der Waals surface area contributed by atoms with Gasteiger partial charge in [-0.2, -0.15) is 8.42 Å². The van der Waals surface area contributed by atoms with Crippen LogP contribution < -0.4 is 9.21 Å². The minimum Gasteiger partial charge on any atom is -0.464 e. The number of anilines is 2. The standard InChI is InChI=1S/C24H29N5O4S2/c1-17-13-23(35(32,33)29(24(30)31)22-15-34-16-26-22)25-14-21(17)27(3)20-9-11-28(12-10-20)18(2)19-7-5-4-6-8-19/h4-8,13-16,18,20H,9-12H2,1-3H3,(H,30,31)/t18-/m1/s1. The molecular weight excluding hydrogens is 486 g/mol. The number of likely N-dealkylation sites (tertiary alicyclic amines) is 1. The molecule has 3 heterocycles. The van der Waals surface area contributed by atoms with Crippen molar-refractivity contribution < 1.29 is 18.3 Å². The van der Waals surface area contributed by atoms with E-state index < -0.39 is 16.1 Å². The van der Waals surface area contributed by atoms with Gasteiger partial charge in [-0.3, -0.25) is 4.90 Å². The molecule has 0 bridgehead atoms. The van der Waals surface area contributed by atoms with Gasteiger partial charge in [0.1, 0.15) is 0 Å². The summed E-state index contributed by atoms with van der Waals surface area (Å²) in [4.78, 5) is 24.4. The molecule has 1 aromatic carbocycles. The van der Waals surface area contributed by atoms with E-state index >= 15 is 0 Å². The fourth-order valence-electron chi connectivity index (χ4n) is 4.56. The molecule has 3 aromatic rings. The number of aryl methyl sites for hydroxylation is 1. The van der Waals surface area contributed by atoms with Crippen molar-refractivity contribution in [2.45, 2.75) is 43.8 Å². The summed E-state index contributed by atoms with van der Waals surface area (Å²) in [5.41, 5.74) is 4.23. The second-order valence-corrected chi connectivity index (χ2v) is 11.1. The zero-order chi connectivity index (χ0) is 25.2. The van der Waals surface area contributed by atoms with Crippen molar-refractivity contribution in [1.82, 2.24) is 14.9 Å². The Bertz CT molecular complexity index is 1260. The molecule has 0 radical (unpaired) electrons. The van der Waals surface area contributed by atoms with Crippen LogP contribution >= 0.6 is 11.3 Å². The normalized spacial score (nSPS) is 16.1. The molecule has 0 unspecified atom stereocenters. The summed E-state index contributed by atoms with van der Waals surface area (Å²) in [6.45, 7) is 5.97. The van der Waals surface area contributed by atoms with Gasteiger partial charge in [0, 0.05) is 37.6 Å². The van der Waals surface area contributed by atoms with Crippen molar-refractivity contribution in [3.05, 3.63) is 64.6 Å². The number of aromatic nitrogens is 2. The number of thiazole rings is 1. The third-order valence-electron chi connectivity index (χ3n) is 6.62. The predicted octanol–water partition coefficient (Wildman–Crippen LogP) is 4.38. The number of carboxylic acid groups (broad SMARTS) is 1. The summed E-state index contributed by atoms with van der Waals surface area (Å²) in [6.07, 6.45) is 1.84. The minimum absolute atomic E-state index is 0.167. The van der Waals surface area contributed by atoms with Crippen LogP contribution in [0.5, 0.6) is 0 Å². The molecule has 11 heteroatoms. The van der Waals surface area contributed by atoms with Crippen LogP contribution in [0.1, 0.15) is 36.9 Å². The van der Waals surface area contributed by atoms with E-state index in [9.17, 15) is 18.3 Å². The van der Waals surface area contributed by atoms with Gasteiger partial charge in [0.2, 0.25) is 0 Å². The maximum Gasteiger partial charge on any atom is 0.427 e. The summed E-state index contributed by atoms with van der Waals surface area (Å²) in [5.74, 6) is -0.167. The Morgan fingerprint density at radius 2 is 1.89 bits per heavy atom. The van der Waals surface area contributed by atoms with Crippen molar-refractivity contribution >= 4 is 39.0 Å². The first-order valence-corrected chi connectivity index (χ1v) is 13.7. The van der Waals surface area contributed by atoms with E-state index in [0.717, 1.165) is 43.0 Å². The highest BCUT2D eigenvalue weighted by molar-refractivity contribution is 7.93. The molecule has 0 aliphatic carbocycles. The first kappa shape index (κ1) is 25.1. The van der Waals surface area contributed by atoms with Gasteiger partial charge in [-0.05, 0) is 43.9 Å². The summed E-state index contributed by atoms with van der Waals surface area (Å²) in [7, 11) is -2.42. The molecule has 1 amide bonds. The lowest BCUT2D eigenvalue weighted by Gasteiger charge is -2.40. The van der Waals surface area contributed by atoms with Crippen LogP contribution in [0.15, 0.2) is 58.5 Å². The summed E-state index contributed by atoms with van der Waals surface area (Å²) < 4.78 is 26.4. The zero-order valence-corrected chi connectivity index (χ0v) is 21.5. The fourth-order valence-corrected chi connectivity index (χ4v) is 6.39. The minimum atomic E-state index is -4.41. The average molecular weight is 516 g/mol. The van der Waals surface area contributed by atoms with Crippen LogP contribution in [0.25, 0.3) is 0 Å². The molecule has 1 aliphatic heterocycles. The number of carbonyl (C=O) groups is 1. The molecule has 9 nitrogen and oxygen atoms in total. The lowest BCUT2D eigenvalue weighted by atomic mass is 9.99. The monoisotopic (exact) mass is 515 g/mol. The van der Waals surface area contributed by atoms with E-state index in [-0.39, 0.29) is 15.1 Å². The number of sulfonamides is 1. The molecule has 35 heavy (non-hydrogen) atoms. The molecule has 1 saturated heterocycles. The van der Waals surface area contributed by atoms with Crippen LogP contribution in [0, 0.1) is 6.92 Å². The van der Waals surface area contributed by atoms with Gasteiger partial charge < -0.3 is 10.0 Å². The number of hydrogen-bond acceptors (Lipinski definition) is 8. The Kier molecular flexibility index (Phi) is 7.39. The number of amides is 1. The van der Waals surface area contributed by atoms with Gasteiger partial charge in [0.05, 0.1) is 17.4 Å². The Morgan fingerprint density at radius 3 is 2.46 bits per heavy atom. The summed E-state index contributed by atoms with van der Waals surface area (Å²) in [5, 5.41) is 10.6. The molecule has 186 valence electrons. The summed E-state index contributed by atoms with van der Waals surface area (Å²) >= 11 is 1.11. The van der Waals surface area contributed by atoms with Crippen LogP contribution in [0.2, 0.25) is 0 Å². The van der Waals surface area contributed by atoms with Gasteiger partial charge in [-0.15, -0.1) is 15.6 Å². The Morgan fingerprint density at radius 1 is 1.20 bits per heavy atom. The second kappa shape index (κ2) is 10.3. The number of pyridine rings is 1. The molecular formula is C24H29N5O4S2. The van der Waals surface area contributed by atoms with Crippen molar-refractivity contribution in [2.75, 3.05) is 29.3 Å². The first-order valence-electron chi connectivity index (χ1n) is 11.3. The number of piperidine rings is 1. The number of benzene rings is 1. The molecule has 0 saturated carbocycles. The third kappa shape index (κ3) is 5.16. The SMILES string of the molecule is Cc1cc(S(=O)(=O)N(C(=O)O)c2cscn2)ncc1N(C)C1CCN([C@H](C)c2ccccc2)CC1. The highest BCUT2D eigenvalue weighted by Crippen LogP contribution is 2.30. The number of rotatable bonds is 7. The van der Waals surface area contributed by atoms with Gasteiger partial charge in [0.15, 0.2) is 10.8 Å². The fraction of sp³-hybridized carbons (Fsp3) is 0.375. The lowest BCUT2D eigenvalue weighted by molar-refractivity contribution is 0.162. The van der Waals surface area contributed by atoms with Crippen molar-refractivity contribution in [1.29, 1.82) is 0 Å². The van der Waals surface area contributed by atoms with E-state index in [1.165, 1.54) is 28.7 Å². The Hall–Kier alpha value is -3.02. The topological polar surface area (TPSA) is 107 Å². The highest BCUT2D eigenvalue weighted by atomic mass is 32.2. The largest absolute Gasteiger partial charge is 0.464 e. The lowest BCUT2D eigenvalue weighted by Crippen LogP contribution is -2.44. The first-order chi connectivity index (χ1) is 16.7. The molecule has 4 rings (SSSR count). The van der Waals surface area contributed by atoms with Gasteiger partial charge in [0.25, 0.3) is 10.0 Å². The zero-order valence-electron chi connectivity index (χ0n) is 19.9. The van der Waals surface area contributed by atoms with Crippen molar-refractivity contribution in [2.24, 2.45) is 0 Å². The highest BCUT2D eigenvalue weighted by Gasteiger charge is 2.34. The number of hydrogen-bond donors (Lipinski definition) is 1. The number of nitrogens with zero attached hydrogens (tertiary/aromatic N) is 5. The predicted molar refractivity (Wildman–Crippen MR) is 137 cm³/mol. The second-order valence-electron chi connectivity index (χ2n) is 8.67. The van der Waals surface area contributed by atoms with Crippen molar-refractivity contribution in [3.8, 4) is 0 Å². The summed E-state index contributed by atoms with van der Waals surface area (Å²) in [6, 6.07) is 12.6. The smallest absolute Gasteiger partial charge is 0.427 e. The third-order valence-corrected chi connectivity index (χ3v) is 8.77. The Labute approximate surface area is 209 Å². The Balaban J connectivity index is 1.47. The van der Waals surface area contributed by atoms with Gasteiger partial charge in [-0.1, -0.05) is 30.3 Å². The molecule has 1 N–H and O–H groups in total. The molecule has 1 aliphatic rings. The quantitative estimate of drug-likeness (QED) is 0.494. The maximum absolute atomic E-state index is 13.1. The average Bonchev–Trinajstić information content (AvgIpc) is 3.37. The van der Waals surface area contributed by atoms with Gasteiger partial charge in [-0.25, -0.2) is 14.8 Å². The maximum atomic E-state index is 13.1. The van der Waals surface area contributed by atoms with E-state index in [0.29, 0.717) is 17.6 Å². The van der Waals surface area contributed by atoms with Gasteiger partial charge >= 0.3 is 6.09 Å². The molecule has 1 atom stereocenters.